The summed E-state index contributed by atoms with van der Waals surface area (Å²) in [6.07, 6.45) is 6.81. The highest BCUT2D eigenvalue weighted by Crippen LogP contribution is 2.35. The molecule has 1 aromatic heterocycles. The van der Waals surface area contributed by atoms with Gasteiger partial charge in [0.15, 0.2) is 5.76 Å². The van der Waals surface area contributed by atoms with E-state index in [2.05, 4.69) is 12.1 Å². The van der Waals surface area contributed by atoms with Gasteiger partial charge in [-0.1, -0.05) is 31.3 Å². The van der Waals surface area contributed by atoms with Crippen molar-refractivity contribution in [2.75, 3.05) is 0 Å². The number of hydrogen-bond acceptors (Lipinski definition) is 2. The standard InChI is InChI=1S/C12H18ClNO/c1-9(10-5-3-2-4-6-10)12-7-11(8-13)15-14-12/h7,9-10H,2-6,8H2,1H3. The Morgan fingerprint density at radius 2 is 2.20 bits per heavy atom. The van der Waals surface area contributed by atoms with E-state index in [1.165, 1.54) is 32.1 Å². The van der Waals surface area contributed by atoms with E-state index in [1.54, 1.807) is 0 Å². The van der Waals surface area contributed by atoms with Crippen molar-refractivity contribution in [2.45, 2.75) is 50.8 Å². The van der Waals surface area contributed by atoms with Crippen molar-refractivity contribution in [2.24, 2.45) is 5.92 Å². The average molecular weight is 228 g/mol. The Morgan fingerprint density at radius 1 is 1.47 bits per heavy atom. The van der Waals surface area contributed by atoms with Gasteiger partial charge in [0.1, 0.15) is 0 Å². The Labute approximate surface area is 96.0 Å². The molecule has 1 aliphatic rings. The van der Waals surface area contributed by atoms with Crippen molar-refractivity contribution in [1.29, 1.82) is 0 Å². The lowest BCUT2D eigenvalue weighted by Gasteiger charge is -2.26. The summed E-state index contributed by atoms with van der Waals surface area (Å²) in [4.78, 5) is 0. The topological polar surface area (TPSA) is 26.0 Å². The monoisotopic (exact) mass is 227 g/mol. The molecule has 2 nitrogen and oxygen atoms in total. The van der Waals surface area contributed by atoms with Crippen LogP contribution < -0.4 is 0 Å². The fraction of sp³-hybridized carbons (Fsp3) is 0.750. The zero-order chi connectivity index (χ0) is 10.7. The molecule has 1 heterocycles. The Bertz CT molecular complexity index is 304. The van der Waals surface area contributed by atoms with Gasteiger partial charge < -0.3 is 4.52 Å². The molecular weight excluding hydrogens is 210 g/mol. The van der Waals surface area contributed by atoms with E-state index in [-0.39, 0.29) is 0 Å². The predicted molar refractivity (Wildman–Crippen MR) is 61.1 cm³/mol. The van der Waals surface area contributed by atoms with E-state index in [0.717, 1.165) is 17.4 Å². The molecule has 0 aliphatic heterocycles. The van der Waals surface area contributed by atoms with Crippen LogP contribution in [0, 0.1) is 5.92 Å². The largest absolute Gasteiger partial charge is 0.360 e. The third-order valence-corrected chi connectivity index (χ3v) is 3.80. The lowest BCUT2D eigenvalue weighted by molar-refractivity contribution is 0.301. The van der Waals surface area contributed by atoms with Crippen molar-refractivity contribution in [1.82, 2.24) is 5.16 Å². The lowest BCUT2D eigenvalue weighted by Crippen LogP contribution is -2.14. The third kappa shape index (κ3) is 2.54. The highest BCUT2D eigenvalue weighted by Gasteiger charge is 2.23. The Balaban J connectivity index is 2.02. The van der Waals surface area contributed by atoms with Gasteiger partial charge in [0.2, 0.25) is 0 Å². The number of alkyl halides is 1. The molecule has 1 unspecified atom stereocenters. The number of halogens is 1. The molecule has 1 atom stereocenters. The summed E-state index contributed by atoms with van der Waals surface area (Å²) in [7, 11) is 0. The maximum absolute atomic E-state index is 5.70. The van der Waals surface area contributed by atoms with Crippen molar-refractivity contribution in [3.05, 3.63) is 17.5 Å². The van der Waals surface area contributed by atoms with Crippen LogP contribution in [0.15, 0.2) is 10.6 Å². The zero-order valence-corrected chi connectivity index (χ0v) is 9.96. The van der Waals surface area contributed by atoms with Gasteiger partial charge in [-0.15, -0.1) is 11.6 Å². The van der Waals surface area contributed by atoms with Crippen LogP contribution in [0.2, 0.25) is 0 Å². The maximum atomic E-state index is 5.70. The van der Waals surface area contributed by atoms with Crippen LogP contribution in [-0.2, 0) is 5.88 Å². The molecule has 0 aromatic carbocycles. The Hall–Kier alpha value is -0.500. The number of rotatable bonds is 3. The van der Waals surface area contributed by atoms with Crippen LogP contribution in [0.1, 0.15) is 56.4 Å². The normalized spacial score (nSPS) is 20.4. The lowest BCUT2D eigenvalue weighted by atomic mass is 9.79. The van der Waals surface area contributed by atoms with Gasteiger partial charge in [0.05, 0.1) is 11.6 Å². The summed E-state index contributed by atoms with van der Waals surface area (Å²) in [6.45, 7) is 2.26. The molecule has 0 amide bonds. The SMILES string of the molecule is CC(c1cc(CCl)on1)C1CCCCC1. The summed E-state index contributed by atoms with van der Waals surface area (Å²) >= 11 is 5.70. The van der Waals surface area contributed by atoms with Crippen LogP contribution in [-0.4, -0.2) is 5.16 Å². The number of nitrogens with zero attached hydrogens (tertiary/aromatic N) is 1. The summed E-state index contributed by atoms with van der Waals surface area (Å²) in [5.74, 6) is 2.51. The fourth-order valence-electron chi connectivity index (χ4n) is 2.48. The van der Waals surface area contributed by atoms with Crippen LogP contribution in [0.3, 0.4) is 0 Å². The second-order valence-corrected chi connectivity index (χ2v) is 4.81. The quantitative estimate of drug-likeness (QED) is 0.727. The van der Waals surface area contributed by atoms with Gasteiger partial charge in [-0.3, -0.25) is 0 Å². The molecule has 2 rings (SSSR count). The van der Waals surface area contributed by atoms with Crippen LogP contribution in [0.25, 0.3) is 0 Å². The Kier molecular flexibility index (Phi) is 3.68. The van der Waals surface area contributed by atoms with E-state index in [0.29, 0.717) is 11.8 Å². The van der Waals surface area contributed by atoms with Gasteiger partial charge in [-0.25, -0.2) is 0 Å². The minimum Gasteiger partial charge on any atom is -0.360 e. The highest BCUT2D eigenvalue weighted by atomic mass is 35.5. The molecule has 0 saturated heterocycles. The van der Waals surface area contributed by atoms with Crippen LogP contribution in [0.5, 0.6) is 0 Å². The third-order valence-electron chi connectivity index (χ3n) is 3.53. The minimum absolute atomic E-state index is 0.421. The summed E-state index contributed by atoms with van der Waals surface area (Å²) in [5, 5.41) is 4.10. The molecular formula is C12H18ClNO. The molecule has 1 aromatic rings. The smallest absolute Gasteiger partial charge is 0.151 e. The molecule has 84 valence electrons. The maximum Gasteiger partial charge on any atom is 0.151 e. The van der Waals surface area contributed by atoms with Crippen molar-refractivity contribution >= 4 is 11.6 Å². The van der Waals surface area contributed by atoms with Gasteiger partial charge in [0, 0.05) is 12.0 Å². The minimum atomic E-state index is 0.421. The molecule has 1 saturated carbocycles. The van der Waals surface area contributed by atoms with E-state index in [1.807, 2.05) is 6.07 Å². The molecule has 0 spiro atoms. The molecule has 1 aliphatic carbocycles. The van der Waals surface area contributed by atoms with Gasteiger partial charge >= 0.3 is 0 Å². The first-order valence-electron chi connectivity index (χ1n) is 5.82. The molecule has 1 fully saturated rings. The van der Waals surface area contributed by atoms with E-state index >= 15 is 0 Å². The summed E-state index contributed by atoms with van der Waals surface area (Å²) in [6, 6.07) is 2.01. The zero-order valence-electron chi connectivity index (χ0n) is 9.21. The van der Waals surface area contributed by atoms with Gasteiger partial charge in [0.25, 0.3) is 0 Å². The first-order chi connectivity index (χ1) is 7.31. The van der Waals surface area contributed by atoms with E-state index in [9.17, 15) is 0 Å². The second kappa shape index (κ2) is 5.02. The van der Waals surface area contributed by atoms with E-state index in [4.69, 9.17) is 16.1 Å². The second-order valence-electron chi connectivity index (χ2n) is 4.54. The van der Waals surface area contributed by atoms with Crippen LogP contribution in [0.4, 0.5) is 0 Å². The Morgan fingerprint density at radius 3 is 2.80 bits per heavy atom. The summed E-state index contributed by atoms with van der Waals surface area (Å²) in [5.41, 5.74) is 1.08. The van der Waals surface area contributed by atoms with E-state index < -0.39 is 0 Å². The van der Waals surface area contributed by atoms with Gasteiger partial charge in [-0.05, 0) is 18.8 Å². The first-order valence-corrected chi connectivity index (χ1v) is 6.36. The predicted octanol–water partition coefficient (Wildman–Crippen LogP) is 4.10. The number of hydrogen-bond donors (Lipinski definition) is 0. The van der Waals surface area contributed by atoms with Crippen LogP contribution >= 0.6 is 11.6 Å². The average Bonchev–Trinajstić information content (AvgIpc) is 2.78. The molecule has 0 bridgehead atoms. The molecule has 15 heavy (non-hydrogen) atoms. The number of aromatic nitrogens is 1. The summed E-state index contributed by atoms with van der Waals surface area (Å²) < 4.78 is 5.14. The molecule has 3 heteroatoms. The molecule has 0 radical (unpaired) electrons. The van der Waals surface area contributed by atoms with Crippen molar-refractivity contribution in [3.8, 4) is 0 Å². The molecule has 0 N–H and O–H groups in total. The fourth-order valence-corrected chi connectivity index (χ4v) is 2.61. The van der Waals surface area contributed by atoms with Gasteiger partial charge in [-0.2, -0.15) is 0 Å². The highest BCUT2D eigenvalue weighted by molar-refractivity contribution is 6.16. The van der Waals surface area contributed by atoms with Crippen molar-refractivity contribution < 1.29 is 4.52 Å². The first kappa shape index (κ1) is 11.0. The van der Waals surface area contributed by atoms with Crippen molar-refractivity contribution in [3.63, 3.8) is 0 Å².